The number of aryl methyl sites for hydroxylation is 1. The van der Waals surface area contributed by atoms with Crippen molar-refractivity contribution in [3.8, 4) is 11.5 Å². The van der Waals surface area contributed by atoms with Gasteiger partial charge in [0.25, 0.3) is 5.91 Å². The minimum absolute atomic E-state index is 0.0499. The molecule has 1 aliphatic heterocycles. The number of rotatable bonds is 5. The molecule has 0 radical (unpaired) electrons. The summed E-state index contributed by atoms with van der Waals surface area (Å²) in [6.07, 6.45) is 1.64. The van der Waals surface area contributed by atoms with Crippen LogP contribution in [0.5, 0.6) is 11.5 Å². The van der Waals surface area contributed by atoms with E-state index in [2.05, 4.69) is 5.32 Å². The molecule has 0 bridgehead atoms. The van der Waals surface area contributed by atoms with Crippen LogP contribution in [0.25, 0.3) is 6.08 Å². The molecular formula is C18H15NO5S3. The average molecular weight is 422 g/mol. The highest BCUT2D eigenvalue weighted by Gasteiger charge is 2.23. The van der Waals surface area contributed by atoms with Gasteiger partial charge in [-0.2, -0.15) is 8.42 Å². The van der Waals surface area contributed by atoms with Crippen LogP contribution in [-0.4, -0.2) is 25.8 Å². The second kappa shape index (κ2) is 7.71. The number of thioether (sulfide) groups is 1. The van der Waals surface area contributed by atoms with Gasteiger partial charge in [0.15, 0.2) is 11.5 Å². The first kappa shape index (κ1) is 19.4. The van der Waals surface area contributed by atoms with E-state index in [1.807, 2.05) is 6.92 Å². The van der Waals surface area contributed by atoms with Gasteiger partial charge < -0.3 is 14.2 Å². The summed E-state index contributed by atoms with van der Waals surface area (Å²) < 4.78 is 35.8. The van der Waals surface area contributed by atoms with Crippen LogP contribution in [-0.2, 0) is 14.9 Å². The molecule has 0 aliphatic carbocycles. The number of nitrogens with one attached hydrogen (secondary N) is 1. The Kier molecular flexibility index (Phi) is 5.54. The van der Waals surface area contributed by atoms with E-state index in [1.54, 1.807) is 30.3 Å². The Hall–Kier alpha value is -2.36. The molecule has 0 saturated carbocycles. The zero-order valence-corrected chi connectivity index (χ0v) is 16.8. The molecule has 1 heterocycles. The van der Waals surface area contributed by atoms with Crippen molar-refractivity contribution in [3.63, 3.8) is 0 Å². The number of ether oxygens (including phenoxy) is 1. The summed E-state index contributed by atoms with van der Waals surface area (Å²) in [5.74, 6) is 0.0107. The molecule has 2 aromatic carbocycles. The normalized spacial score (nSPS) is 15.7. The van der Waals surface area contributed by atoms with E-state index in [0.717, 1.165) is 17.3 Å². The van der Waals surface area contributed by atoms with E-state index in [4.69, 9.17) is 21.1 Å². The second-order valence-electron chi connectivity index (χ2n) is 5.61. The summed E-state index contributed by atoms with van der Waals surface area (Å²) in [6, 6.07) is 11.0. The predicted octanol–water partition coefficient (Wildman–Crippen LogP) is 3.26. The molecular weight excluding hydrogens is 406 g/mol. The molecule has 1 N–H and O–H groups in total. The zero-order chi connectivity index (χ0) is 19.6. The van der Waals surface area contributed by atoms with Crippen LogP contribution >= 0.6 is 24.0 Å². The molecule has 0 spiro atoms. The maximum absolute atomic E-state index is 12.5. The first-order valence-electron chi connectivity index (χ1n) is 7.72. The van der Waals surface area contributed by atoms with Gasteiger partial charge in [-0.05, 0) is 42.8 Å². The molecule has 0 aromatic heterocycles. The van der Waals surface area contributed by atoms with Gasteiger partial charge >= 0.3 is 10.1 Å². The third kappa shape index (κ3) is 4.49. The fourth-order valence-electron chi connectivity index (χ4n) is 2.29. The molecule has 0 atom stereocenters. The highest BCUT2D eigenvalue weighted by Crippen LogP contribution is 2.33. The van der Waals surface area contributed by atoms with Gasteiger partial charge in [-0.15, -0.1) is 0 Å². The number of benzene rings is 2. The minimum atomic E-state index is -3.99. The first-order chi connectivity index (χ1) is 12.8. The number of hydrogen-bond donors (Lipinski definition) is 1. The fraction of sp³-hybridized carbons (Fsp3) is 0.111. The van der Waals surface area contributed by atoms with Gasteiger partial charge in [-0.3, -0.25) is 4.79 Å². The van der Waals surface area contributed by atoms with Crippen molar-refractivity contribution in [2.24, 2.45) is 0 Å². The molecule has 2 aromatic rings. The number of thiocarbonyl (C=S) groups is 1. The van der Waals surface area contributed by atoms with Crippen LogP contribution in [0.2, 0.25) is 0 Å². The smallest absolute Gasteiger partial charge is 0.339 e. The number of methoxy groups -OCH3 is 1. The average Bonchev–Trinajstić information content (AvgIpc) is 2.93. The lowest BCUT2D eigenvalue weighted by atomic mass is 10.2. The highest BCUT2D eigenvalue weighted by atomic mass is 32.2. The van der Waals surface area contributed by atoms with Crippen LogP contribution in [0.4, 0.5) is 0 Å². The Morgan fingerprint density at radius 3 is 2.41 bits per heavy atom. The topological polar surface area (TPSA) is 81.7 Å². The molecule has 1 saturated heterocycles. The summed E-state index contributed by atoms with van der Waals surface area (Å²) in [5.41, 5.74) is 1.59. The lowest BCUT2D eigenvalue weighted by Gasteiger charge is -2.11. The van der Waals surface area contributed by atoms with Crippen molar-refractivity contribution in [1.82, 2.24) is 5.32 Å². The number of carbonyl (C=O) groups is 1. The lowest BCUT2D eigenvalue weighted by Crippen LogP contribution is -2.17. The maximum atomic E-state index is 12.5. The van der Waals surface area contributed by atoms with Gasteiger partial charge in [0.1, 0.15) is 9.22 Å². The van der Waals surface area contributed by atoms with E-state index in [0.29, 0.717) is 14.8 Å². The van der Waals surface area contributed by atoms with E-state index in [-0.39, 0.29) is 22.3 Å². The fourth-order valence-corrected chi connectivity index (χ4v) is 4.27. The summed E-state index contributed by atoms with van der Waals surface area (Å²) in [5, 5.41) is 2.53. The summed E-state index contributed by atoms with van der Waals surface area (Å²) in [4.78, 5) is 12.3. The molecule has 3 rings (SSSR count). The molecule has 1 fully saturated rings. The van der Waals surface area contributed by atoms with Crippen molar-refractivity contribution in [2.75, 3.05) is 7.11 Å². The van der Waals surface area contributed by atoms with Gasteiger partial charge in [0.05, 0.1) is 12.0 Å². The SMILES string of the molecule is COc1cc(/C=C2/SC(=S)NC2=O)ccc1OS(=O)(=O)c1ccc(C)cc1. The van der Waals surface area contributed by atoms with Gasteiger partial charge in [0.2, 0.25) is 0 Å². The van der Waals surface area contributed by atoms with Crippen molar-refractivity contribution >= 4 is 50.4 Å². The van der Waals surface area contributed by atoms with Gasteiger partial charge in [0, 0.05) is 0 Å². The standard InChI is InChI=1S/C18H15NO5S3/c1-11-3-6-13(7-4-11)27(21,22)24-14-8-5-12(9-15(14)23-2)10-16-17(20)19-18(25)26-16/h3-10H,1-2H3,(H,19,20,25)/b16-10+. The van der Waals surface area contributed by atoms with Crippen LogP contribution in [0.1, 0.15) is 11.1 Å². The quantitative estimate of drug-likeness (QED) is 0.451. The first-order valence-corrected chi connectivity index (χ1v) is 10.4. The second-order valence-corrected chi connectivity index (χ2v) is 8.88. The molecule has 1 amide bonds. The van der Waals surface area contributed by atoms with Crippen LogP contribution in [0, 0.1) is 6.92 Å². The van der Waals surface area contributed by atoms with E-state index >= 15 is 0 Å². The molecule has 140 valence electrons. The minimum Gasteiger partial charge on any atom is -0.493 e. The maximum Gasteiger partial charge on any atom is 0.339 e. The molecule has 9 heteroatoms. The zero-order valence-electron chi connectivity index (χ0n) is 14.4. The molecule has 6 nitrogen and oxygen atoms in total. The Morgan fingerprint density at radius 2 is 1.81 bits per heavy atom. The van der Waals surface area contributed by atoms with Crippen LogP contribution in [0.15, 0.2) is 52.3 Å². The monoisotopic (exact) mass is 421 g/mol. The van der Waals surface area contributed by atoms with E-state index in [9.17, 15) is 13.2 Å². The van der Waals surface area contributed by atoms with E-state index in [1.165, 1.54) is 25.3 Å². The number of amides is 1. The Balaban J connectivity index is 1.89. The molecule has 0 unspecified atom stereocenters. The Bertz CT molecular complexity index is 1040. The summed E-state index contributed by atoms with van der Waals surface area (Å²) in [6.45, 7) is 1.86. The Morgan fingerprint density at radius 1 is 1.11 bits per heavy atom. The van der Waals surface area contributed by atoms with E-state index < -0.39 is 10.1 Å². The van der Waals surface area contributed by atoms with Crippen LogP contribution < -0.4 is 14.2 Å². The van der Waals surface area contributed by atoms with Crippen molar-refractivity contribution in [2.45, 2.75) is 11.8 Å². The van der Waals surface area contributed by atoms with Crippen molar-refractivity contribution in [3.05, 3.63) is 58.5 Å². The van der Waals surface area contributed by atoms with Crippen molar-refractivity contribution < 1.29 is 22.1 Å². The lowest BCUT2D eigenvalue weighted by molar-refractivity contribution is -0.115. The third-order valence-electron chi connectivity index (χ3n) is 3.64. The van der Waals surface area contributed by atoms with Crippen molar-refractivity contribution in [1.29, 1.82) is 0 Å². The predicted molar refractivity (Wildman–Crippen MR) is 108 cm³/mol. The number of carbonyl (C=O) groups excluding carboxylic acids is 1. The highest BCUT2D eigenvalue weighted by molar-refractivity contribution is 8.26. The Labute approximate surface area is 166 Å². The van der Waals surface area contributed by atoms with Gasteiger partial charge in [-0.1, -0.05) is 47.7 Å². The summed E-state index contributed by atoms with van der Waals surface area (Å²) in [7, 11) is -2.59. The largest absolute Gasteiger partial charge is 0.493 e. The molecule has 27 heavy (non-hydrogen) atoms. The number of hydrogen-bond acceptors (Lipinski definition) is 7. The third-order valence-corrected chi connectivity index (χ3v) is 6.05. The van der Waals surface area contributed by atoms with Gasteiger partial charge in [-0.25, -0.2) is 0 Å². The molecule has 1 aliphatic rings. The van der Waals surface area contributed by atoms with Crippen LogP contribution in [0.3, 0.4) is 0 Å². The summed E-state index contributed by atoms with van der Waals surface area (Å²) >= 11 is 6.11.